The summed E-state index contributed by atoms with van der Waals surface area (Å²) < 4.78 is 47.9. The average molecular weight is 257 g/mol. The van der Waals surface area contributed by atoms with E-state index in [1.54, 1.807) is 0 Å². The molecule has 0 fully saturated rings. The van der Waals surface area contributed by atoms with Crippen molar-refractivity contribution in [1.82, 2.24) is 0 Å². The topological polar surface area (TPSA) is 77.8 Å². The van der Waals surface area contributed by atoms with Crippen LogP contribution in [-0.2, 0) is 21.6 Å². The van der Waals surface area contributed by atoms with Crippen LogP contribution in [0.1, 0.15) is 2.85 Å². The third-order valence-electron chi connectivity index (χ3n) is 0. The maximum absolute atomic E-state index is 9.75. The van der Waals surface area contributed by atoms with E-state index in [0.29, 0.717) is 0 Å². The molecule has 0 rings (SSSR count). The van der Waals surface area contributed by atoms with Crippen molar-refractivity contribution in [3.8, 4) is 0 Å². The van der Waals surface area contributed by atoms with Crippen molar-refractivity contribution in [3.05, 3.63) is 0 Å². The normalized spacial score (nSPS) is 9.15. The zero-order valence-corrected chi connectivity index (χ0v) is 8.64. The molecule has 3 N–H and O–H groups in total. The van der Waals surface area contributed by atoms with E-state index in [9.17, 15) is 17.3 Å². The Bertz CT molecular complexity index is 131. The van der Waals surface area contributed by atoms with Crippen molar-refractivity contribution in [3.63, 3.8) is 0 Å². The Kier molecular flexibility index (Phi) is 26.3. The molecule has 76 valence electrons. The summed E-state index contributed by atoms with van der Waals surface area (Å²) in [6, 6.07) is 0. The van der Waals surface area contributed by atoms with Crippen LogP contribution in [0.25, 0.3) is 0 Å². The Morgan fingerprint density at radius 3 is 1.00 bits per heavy atom. The Balaban J connectivity index is -0.0000000128. The smallest absolute Gasteiger partial charge is 1.00 e. The maximum atomic E-state index is 9.75. The quantitative estimate of drug-likeness (QED) is 0.230. The number of phosphoric acid groups is 1. The molecular formula is H5BF4FeLi2O4P-. The summed E-state index contributed by atoms with van der Waals surface area (Å²) >= 11 is 0. The van der Waals surface area contributed by atoms with E-state index in [4.69, 9.17) is 19.2 Å². The zero-order chi connectivity index (χ0) is 9.00. The van der Waals surface area contributed by atoms with E-state index >= 15 is 0 Å². The van der Waals surface area contributed by atoms with Gasteiger partial charge in [-0.1, -0.05) is 0 Å². The fourth-order valence-electron chi connectivity index (χ4n) is 0. The van der Waals surface area contributed by atoms with Gasteiger partial charge in [0.25, 0.3) is 0 Å². The van der Waals surface area contributed by atoms with Gasteiger partial charge in [-0.25, -0.2) is 4.57 Å². The van der Waals surface area contributed by atoms with E-state index in [1.807, 2.05) is 0 Å². The molecule has 0 aliphatic rings. The first-order chi connectivity index (χ1) is 4.00. The molecule has 0 saturated heterocycles. The van der Waals surface area contributed by atoms with Crippen LogP contribution in [0.4, 0.5) is 17.3 Å². The second kappa shape index (κ2) is 11.7. The van der Waals surface area contributed by atoms with Crippen LogP contribution >= 0.6 is 7.82 Å². The first-order valence-electron chi connectivity index (χ1n) is 1.66. The molecule has 0 aliphatic carbocycles. The molecule has 4 nitrogen and oxygen atoms in total. The summed E-state index contributed by atoms with van der Waals surface area (Å²) in [6.07, 6.45) is 0. The Morgan fingerprint density at radius 1 is 1.00 bits per heavy atom. The molecular weight excluding hydrogens is 252 g/mol. The van der Waals surface area contributed by atoms with Gasteiger partial charge in [-0.15, -0.1) is 0 Å². The van der Waals surface area contributed by atoms with Gasteiger partial charge in [0.15, 0.2) is 0 Å². The molecule has 0 amide bonds. The SMILES string of the molecule is F[B-](F)(F)F.O=P(O)(O)O.[Fe].[H-].[H-].[Li+].[Li+]. The van der Waals surface area contributed by atoms with Crippen molar-refractivity contribution in [1.29, 1.82) is 0 Å². The standard InChI is InChI=1S/BF4.Fe.2Li.H3O4P.2H/c2-1(3,4)5;;;;1-5(2,3)4;;/h;;;;(H3,1,2,3,4);;/q-1;;2*+1;;2*-1. The molecule has 0 aliphatic heterocycles. The van der Waals surface area contributed by atoms with Crippen LogP contribution in [0.3, 0.4) is 0 Å². The molecule has 0 unspecified atom stereocenters. The second-order valence-corrected chi connectivity index (χ2v) is 2.03. The summed E-state index contributed by atoms with van der Waals surface area (Å²) in [7, 11) is -10.6. The Hall–Kier alpha value is 1.61. The van der Waals surface area contributed by atoms with Crippen LogP contribution in [0.2, 0.25) is 0 Å². The largest absolute Gasteiger partial charge is 1.00 e. The van der Waals surface area contributed by atoms with E-state index < -0.39 is 15.1 Å². The van der Waals surface area contributed by atoms with Gasteiger partial charge in [0.05, 0.1) is 0 Å². The molecule has 0 radical (unpaired) electrons. The van der Waals surface area contributed by atoms with E-state index in [1.165, 1.54) is 0 Å². The summed E-state index contributed by atoms with van der Waals surface area (Å²) in [5.74, 6) is 0. The minimum absolute atomic E-state index is 0. The number of rotatable bonds is 0. The van der Waals surface area contributed by atoms with Crippen molar-refractivity contribution in [2.45, 2.75) is 0 Å². The maximum Gasteiger partial charge on any atom is 1.00 e. The minimum Gasteiger partial charge on any atom is -1.00 e. The molecule has 0 atom stereocenters. The van der Waals surface area contributed by atoms with Crippen LogP contribution in [0, 0.1) is 0 Å². The minimum atomic E-state index is -6.00. The molecule has 0 aromatic heterocycles. The van der Waals surface area contributed by atoms with Crippen LogP contribution < -0.4 is 37.7 Å². The van der Waals surface area contributed by atoms with Crippen molar-refractivity contribution >= 4 is 15.1 Å². The predicted molar refractivity (Wildman–Crippen MR) is 26.7 cm³/mol. The van der Waals surface area contributed by atoms with Gasteiger partial charge in [-0.05, 0) is 0 Å². The van der Waals surface area contributed by atoms with Crippen molar-refractivity contribution < 1.29 is 94.2 Å². The average Bonchev–Trinajstić information content (AvgIpc) is 1.12. The fourth-order valence-corrected chi connectivity index (χ4v) is 0. The molecule has 0 saturated carbocycles. The van der Waals surface area contributed by atoms with Gasteiger partial charge < -0.3 is 34.8 Å². The van der Waals surface area contributed by atoms with E-state index in [-0.39, 0.29) is 57.6 Å². The first-order valence-corrected chi connectivity index (χ1v) is 3.22. The molecule has 0 spiro atoms. The Labute approximate surface area is 109 Å². The number of hydrogen-bond acceptors (Lipinski definition) is 1. The first kappa shape index (κ1) is 29.3. The summed E-state index contributed by atoms with van der Waals surface area (Å²) in [5, 5.41) is 0. The fraction of sp³-hybridized carbons (Fsp3) is 0. The van der Waals surface area contributed by atoms with Gasteiger partial charge >= 0.3 is 52.8 Å². The summed E-state index contributed by atoms with van der Waals surface area (Å²) in [6.45, 7) is 0. The van der Waals surface area contributed by atoms with Crippen LogP contribution in [0.5, 0.6) is 0 Å². The summed E-state index contributed by atoms with van der Waals surface area (Å²) in [4.78, 5) is 21.6. The number of halogens is 4. The van der Waals surface area contributed by atoms with Crippen LogP contribution in [-0.4, -0.2) is 21.9 Å². The van der Waals surface area contributed by atoms with Gasteiger partial charge in [-0.2, -0.15) is 0 Å². The predicted octanol–water partition coefficient (Wildman–Crippen LogP) is -5.40. The van der Waals surface area contributed by atoms with Crippen LogP contribution in [0.15, 0.2) is 0 Å². The molecule has 13 heteroatoms. The van der Waals surface area contributed by atoms with Crippen molar-refractivity contribution in [2.24, 2.45) is 0 Å². The third-order valence-corrected chi connectivity index (χ3v) is 0. The van der Waals surface area contributed by atoms with Gasteiger partial charge in [0.2, 0.25) is 0 Å². The molecule has 0 bridgehead atoms. The van der Waals surface area contributed by atoms with Crippen molar-refractivity contribution in [2.75, 3.05) is 0 Å². The van der Waals surface area contributed by atoms with E-state index in [2.05, 4.69) is 0 Å². The monoisotopic (exact) mass is 257 g/mol. The molecule has 0 heterocycles. The third kappa shape index (κ3) is 708. The number of hydrogen-bond donors (Lipinski definition) is 3. The Morgan fingerprint density at radius 2 is 1.00 bits per heavy atom. The summed E-state index contributed by atoms with van der Waals surface area (Å²) in [5.41, 5.74) is 0. The van der Waals surface area contributed by atoms with E-state index in [0.717, 1.165) is 0 Å². The molecule has 0 aromatic carbocycles. The molecule has 13 heavy (non-hydrogen) atoms. The molecule has 0 aromatic rings. The van der Waals surface area contributed by atoms with Gasteiger partial charge in [-0.3, -0.25) is 0 Å². The van der Waals surface area contributed by atoms with Gasteiger partial charge in [0, 0.05) is 17.1 Å². The van der Waals surface area contributed by atoms with Gasteiger partial charge in [0.1, 0.15) is 0 Å². The zero-order valence-electron chi connectivity index (χ0n) is 8.64. The second-order valence-electron chi connectivity index (χ2n) is 1.01.